The number of hydrogen-bond acceptors (Lipinski definition) is 4. The first-order valence-corrected chi connectivity index (χ1v) is 10.4. The molecular weight excluding hydrogens is 449 g/mol. The van der Waals surface area contributed by atoms with Crippen molar-refractivity contribution < 1.29 is 22.8 Å². The number of hydrogen-bond donors (Lipinski definition) is 2. The van der Waals surface area contributed by atoms with E-state index in [2.05, 4.69) is 15.7 Å². The van der Waals surface area contributed by atoms with Gasteiger partial charge in [0, 0.05) is 29.9 Å². The highest BCUT2D eigenvalue weighted by Crippen LogP contribution is 2.30. The van der Waals surface area contributed by atoms with Crippen molar-refractivity contribution in [2.45, 2.75) is 33.5 Å². The number of nitrogens with one attached hydrogen (secondary N) is 2. The van der Waals surface area contributed by atoms with Crippen molar-refractivity contribution >= 4 is 17.5 Å². The normalized spacial score (nSPS) is 11.4. The molecule has 0 radical (unpaired) electrons. The summed E-state index contributed by atoms with van der Waals surface area (Å²) in [4.78, 5) is 36.7. The van der Waals surface area contributed by atoms with Crippen molar-refractivity contribution in [1.29, 1.82) is 0 Å². The van der Waals surface area contributed by atoms with E-state index in [1.165, 1.54) is 19.1 Å². The van der Waals surface area contributed by atoms with E-state index < -0.39 is 28.8 Å². The van der Waals surface area contributed by atoms with Crippen LogP contribution in [0, 0.1) is 12.8 Å². The Morgan fingerprint density at radius 3 is 2.35 bits per heavy atom. The Morgan fingerprint density at radius 2 is 1.74 bits per heavy atom. The summed E-state index contributed by atoms with van der Waals surface area (Å²) in [5, 5.41) is 9.36. The fourth-order valence-corrected chi connectivity index (χ4v) is 3.04. The van der Waals surface area contributed by atoms with Gasteiger partial charge in [0.25, 0.3) is 5.91 Å². The number of alkyl halides is 3. The monoisotopic (exact) mass is 472 g/mol. The molecule has 34 heavy (non-hydrogen) atoms. The fourth-order valence-electron chi connectivity index (χ4n) is 3.04. The van der Waals surface area contributed by atoms with Crippen molar-refractivity contribution in [1.82, 2.24) is 15.1 Å². The Labute approximate surface area is 193 Å². The Balaban J connectivity index is 1.77. The number of aryl methyl sites for hydroxylation is 1. The average Bonchev–Trinajstić information content (AvgIpc) is 2.78. The fraction of sp³-hybridized carbons (Fsp3) is 0.250. The van der Waals surface area contributed by atoms with E-state index in [4.69, 9.17) is 0 Å². The SMILES string of the molecule is Cc1cc(=O)c(C(=O)NCc2ccc(NC(=O)C(C)C)cc2)nn1-c1cccc(C(F)(F)F)c1. The van der Waals surface area contributed by atoms with Gasteiger partial charge in [-0.15, -0.1) is 0 Å². The summed E-state index contributed by atoms with van der Waals surface area (Å²) in [5.41, 5.74) is -0.294. The van der Waals surface area contributed by atoms with Gasteiger partial charge in [-0.25, -0.2) is 4.68 Å². The number of aromatic nitrogens is 2. The molecule has 0 aliphatic carbocycles. The lowest BCUT2D eigenvalue weighted by Gasteiger charge is -2.14. The molecule has 1 aromatic heterocycles. The van der Waals surface area contributed by atoms with E-state index in [1.807, 2.05) is 0 Å². The molecule has 3 rings (SSSR count). The van der Waals surface area contributed by atoms with Crippen LogP contribution < -0.4 is 16.1 Å². The average molecular weight is 472 g/mol. The smallest absolute Gasteiger partial charge is 0.346 e. The van der Waals surface area contributed by atoms with Crippen LogP contribution in [0.5, 0.6) is 0 Å². The first-order chi connectivity index (χ1) is 16.0. The van der Waals surface area contributed by atoms with Crippen molar-refractivity contribution in [2.24, 2.45) is 5.92 Å². The van der Waals surface area contributed by atoms with Crippen LogP contribution in [0.4, 0.5) is 18.9 Å². The third kappa shape index (κ3) is 5.89. The maximum Gasteiger partial charge on any atom is 0.416 e. The van der Waals surface area contributed by atoms with Gasteiger partial charge in [0.2, 0.25) is 11.3 Å². The second-order valence-electron chi connectivity index (χ2n) is 7.98. The highest BCUT2D eigenvalue weighted by atomic mass is 19.4. The largest absolute Gasteiger partial charge is 0.416 e. The van der Waals surface area contributed by atoms with Gasteiger partial charge in [0.1, 0.15) is 0 Å². The van der Waals surface area contributed by atoms with E-state index in [-0.39, 0.29) is 29.8 Å². The molecule has 0 fully saturated rings. The van der Waals surface area contributed by atoms with E-state index in [0.29, 0.717) is 11.3 Å². The van der Waals surface area contributed by atoms with Gasteiger partial charge in [-0.3, -0.25) is 14.4 Å². The Bertz CT molecular complexity index is 1270. The lowest BCUT2D eigenvalue weighted by Crippen LogP contribution is -2.31. The van der Waals surface area contributed by atoms with Crippen LogP contribution in [0.2, 0.25) is 0 Å². The minimum atomic E-state index is -4.55. The summed E-state index contributed by atoms with van der Waals surface area (Å²) >= 11 is 0. The summed E-state index contributed by atoms with van der Waals surface area (Å²) in [6, 6.07) is 12.4. The molecule has 7 nitrogen and oxygen atoms in total. The Hall–Kier alpha value is -3.95. The van der Waals surface area contributed by atoms with Gasteiger partial charge < -0.3 is 10.6 Å². The van der Waals surface area contributed by atoms with Crippen LogP contribution in [0.15, 0.2) is 59.4 Å². The lowest BCUT2D eigenvalue weighted by molar-refractivity contribution is -0.137. The van der Waals surface area contributed by atoms with Gasteiger partial charge in [0.15, 0.2) is 5.69 Å². The highest BCUT2D eigenvalue weighted by molar-refractivity contribution is 5.92. The molecule has 2 aromatic carbocycles. The maximum absolute atomic E-state index is 13.1. The maximum atomic E-state index is 13.1. The van der Waals surface area contributed by atoms with Gasteiger partial charge in [-0.05, 0) is 42.8 Å². The molecule has 0 saturated heterocycles. The molecule has 0 bridgehead atoms. The zero-order valence-corrected chi connectivity index (χ0v) is 18.7. The summed E-state index contributed by atoms with van der Waals surface area (Å²) in [5.74, 6) is -1.05. The number of halogens is 3. The van der Waals surface area contributed by atoms with Crippen LogP contribution in [0.25, 0.3) is 5.69 Å². The van der Waals surface area contributed by atoms with E-state index in [0.717, 1.165) is 22.9 Å². The van der Waals surface area contributed by atoms with Gasteiger partial charge >= 0.3 is 6.18 Å². The zero-order valence-electron chi connectivity index (χ0n) is 18.7. The molecule has 0 saturated carbocycles. The first-order valence-electron chi connectivity index (χ1n) is 10.4. The number of benzene rings is 2. The molecule has 0 atom stereocenters. The number of amides is 2. The number of anilines is 1. The summed E-state index contributed by atoms with van der Waals surface area (Å²) in [6.45, 7) is 5.14. The number of carbonyl (C=O) groups excluding carboxylic acids is 2. The quantitative estimate of drug-likeness (QED) is 0.565. The molecular formula is C24H23F3N4O3. The van der Waals surface area contributed by atoms with Crippen LogP contribution in [0.1, 0.15) is 41.2 Å². The van der Waals surface area contributed by atoms with Gasteiger partial charge in [0.05, 0.1) is 11.3 Å². The molecule has 0 unspecified atom stereocenters. The van der Waals surface area contributed by atoms with Crippen LogP contribution >= 0.6 is 0 Å². The second-order valence-corrected chi connectivity index (χ2v) is 7.98. The Kier molecular flexibility index (Phi) is 7.19. The molecule has 1 heterocycles. The third-order valence-corrected chi connectivity index (χ3v) is 4.94. The van der Waals surface area contributed by atoms with Crippen molar-refractivity contribution in [3.8, 4) is 5.69 Å². The topological polar surface area (TPSA) is 93.1 Å². The van der Waals surface area contributed by atoms with Gasteiger partial charge in [-0.2, -0.15) is 18.3 Å². The second kappa shape index (κ2) is 9.90. The minimum Gasteiger partial charge on any atom is -0.346 e. The van der Waals surface area contributed by atoms with Gasteiger partial charge in [-0.1, -0.05) is 32.0 Å². The number of carbonyl (C=O) groups is 2. The number of rotatable bonds is 6. The molecule has 10 heteroatoms. The number of nitrogens with zero attached hydrogens (tertiary/aromatic N) is 2. The van der Waals surface area contributed by atoms with E-state index in [1.54, 1.807) is 38.1 Å². The zero-order chi connectivity index (χ0) is 25.0. The molecule has 2 N–H and O–H groups in total. The van der Waals surface area contributed by atoms with Crippen molar-refractivity contribution in [3.05, 3.63) is 87.3 Å². The molecule has 0 aliphatic rings. The lowest BCUT2D eigenvalue weighted by atomic mass is 10.1. The molecule has 2 amide bonds. The summed E-state index contributed by atoms with van der Waals surface area (Å²) < 4.78 is 40.3. The van der Waals surface area contributed by atoms with Crippen molar-refractivity contribution in [3.63, 3.8) is 0 Å². The molecule has 3 aromatic rings. The first kappa shape index (κ1) is 24.7. The predicted octanol–water partition coefficient (Wildman–Crippen LogP) is 4.08. The minimum absolute atomic E-state index is 0.0698. The van der Waals surface area contributed by atoms with Crippen LogP contribution in [-0.4, -0.2) is 21.6 Å². The van der Waals surface area contributed by atoms with Crippen LogP contribution in [-0.2, 0) is 17.5 Å². The molecule has 178 valence electrons. The Morgan fingerprint density at radius 1 is 1.06 bits per heavy atom. The summed E-state index contributed by atoms with van der Waals surface area (Å²) in [6.07, 6.45) is -4.55. The predicted molar refractivity (Wildman–Crippen MR) is 121 cm³/mol. The summed E-state index contributed by atoms with van der Waals surface area (Å²) in [7, 11) is 0. The van der Waals surface area contributed by atoms with Crippen molar-refractivity contribution in [2.75, 3.05) is 5.32 Å². The highest BCUT2D eigenvalue weighted by Gasteiger charge is 2.30. The van der Waals surface area contributed by atoms with E-state index >= 15 is 0 Å². The standard InChI is InChI=1S/C24H23F3N4O3/c1-14(2)22(33)29-18-9-7-16(8-10-18)13-28-23(34)21-20(32)11-15(3)31(30-21)19-6-4-5-17(12-19)24(25,26)27/h4-12,14H,13H2,1-3H3,(H,28,34)(H,29,33). The molecule has 0 aliphatic heterocycles. The van der Waals surface area contributed by atoms with Crippen LogP contribution in [0.3, 0.4) is 0 Å². The third-order valence-electron chi connectivity index (χ3n) is 4.94. The molecule has 0 spiro atoms. The van der Waals surface area contributed by atoms with E-state index in [9.17, 15) is 27.6 Å².